The molecule has 2 fully saturated rings. The second-order valence-electron chi connectivity index (χ2n) is 6.59. The van der Waals surface area contributed by atoms with Crippen LogP contribution in [0.5, 0.6) is 0 Å². The van der Waals surface area contributed by atoms with Gasteiger partial charge in [-0.1, -0.05) is 26.7 Å². The van der Waals surface area contributed by atoms with Crippen LogP contribution in [-0.2, 0) is 19.4 Å². The van der Waals surface area contributed by atoms with Crippen molar-refractivity contribution in [2.75, 3.05) is 18.8 Å². The Morgan fingerprint density at radius 3 is 2.55 bits per heavy atom. The van der Waals surface area contributed by atoms with E-state index in [0.717, 1.165) is 25.7 Å². The second-order valence-corrected chi connectivity index (χ2v) is 8.99. The summed E-state index contributed by atoms with van der Waals surface area (Å²) in [6.07, 6.45) is 3.34. The van der Waals surface area contributed by atoms with Gasteiger partial charge in [0.2, 0.25) is 11.8 Å². The molecule has 0 spiro atoms. The molecular weight excluding hydrogens is 304 g/mol. The maximum Gasteiger partial charge on any atom is 0.243 e. The van der Waals surface area contributed by atoms with Gasteiger partial charge in [-0.15, -0.1) is 0 Å². The molecule has 0 aromatic heterocycles. The topological polar surface area (TPSA) is 83.6 Å². The molecule has 1 unspecified atom stereocenters. The molecule has 1 aliphatic heterocycles. The molecule has 0 aromatic carbocycles. The third-order valence-electron chi connectivity index (χ3n) is 4.62. The van der Waals surface area contributed by atoms with Gasteiger partial charge in [0.1, 0.15) is 6.04 Å². The number of hydrogen-bond donors (Lipinski definition) is 1. The van der Waals surface area contributed by atoms with Crippen molar-refractivity contribution < 1.29 is 18.0 Å². The van der Waals surface area contributed by atoms with Gasteiger partial charge in [0, 0.05) is 19.5 Å². The lowest BCUT2D eigenvalue weighted by molar-refractivity contribution is -0.144. The first-order valence-electron chi connectivity index (χ1n) is 8.11. The van der Waals surface area contributed by atoms with Crippen LogP contribution in [0.4, 0.5) is 0 Å². The lowest BCUT2D eigenvalue weighted by Gasteiger charge is -2.37. The van der Waals surface area contributed by atoms with E-state index in [1.807, 2.05) is 13.8 Å². The molecule has 0 radical (unpaired) electrons. The quantitative estimate of drug-likeness (QED) is 0.805. The third-order valence-corrected chi connectivity index (χ3v) is 6.88. The van der Waals surface area contributed by atoms with Crippen LogP contribution in [0.25, 0.3) is 0 Å². The number of piperazine rings is 1. The minimum atomic E-state index is -3.19. The number of nitrogens with one attached hydrogen (secondary N) is 1. The van der Waals surface area contributed by atoms with Gasteiger partial charge in [-0.05, 0) is 18.8 Å². The fourth-order valence-electron chi connectivity index (χ4n) is 3.41. The smallest absolute Gasteiger partial charge is 0.243 e. The Kier molecular flexibility index (Phi) is 5.47. The van der Waals surface area contributed by atoms with Crippen LogP contribution in [0, 0.1) is 5.92 Å². The summed E-state index contributed by atoms with van der Waals surface area (Å²) in [5.41, 5.74) is 0. The zero-order valence-corrected chi connectivity index (χ0v) is 14.2. The predicted octanol–water partition coefficient (Wildman–Crippen LogP) is 0.717. The summed E-state index contributed by atoms with van der Waals surface area (Å²) >= 11 is 0. The van der Waals surface area contributed by atoms with Gasteiger partial charge in [0.25, 0.3) is 0 Å². The van der Waals surface area contributed by atoms with Crippen LogP contribution < -0.4 is 5.32 Å². The highest BCUT2D eigenvalue weighted by molar-refractivity contribution is 7.92. The largest absolute Gasteiger partial charge is 0.353 e. The maximum atomic E-state index is 12.4. The van der Waals surface area contributed by atoms with E-state index in [-0.39, 0.29) is 35.2 Å². The van der Waals surface area contributed by atoms with Crippen LogP contribution in [0.1, 0.15) is 46.0 Å². The minimum absolute atomic E-state index is 0.00990. The van der Waals surface area contributed by atoms with Gasteiger partial charge in [0.05, 0.1) is 11.0 Å². The Morgan fingerprint density at radius 1 is 1.32 bits per heavy atom. The number of amides is 2. The molecule has 7 heteroatoms. The van der Waals surface area contributed by atoms with Crippen LogP contribution in [0.3, 0.4) is 0 Å². The number of nitrogens with zero attached hydrogens (tertiary/aromatic N) is 1. The Morgan fingerprint density at radius 2 is 1.95 bits per heavy atom. The molecule has 0 bridgehead atoms. The van der Waals surface area contributed by atoms with Crippen LogP contribution >= 0.6 is 0 Å². The number of carbonyl (C=O) groups is 2. The molecule has 1 aliphatic carbocycles. The molecule has 6 nitrogen and oxygen atoms in total. The van der Waals surface area contributed by atoms with Crippen molar-refractivity contribution in [2.24, 2.45) is 5.92 Å². The maximum absolute atomic E-state index is 12.4. The van der Waals surface area contributed by atoms with E-state index in [9.17, 15) is 18.0 Å². The lowest BCUT2D eigenvalue weighted by atomic mass is 9.99. The third kappa shape index (κ3) is 3.80. The van der Waals surface area contributed by atoms with E-state index in [1.165, 1.54) is 0 Å². The standard InChI is InChI=1S/C15H26N2O4S/c1-11(2)14-15(19)16-8-9-17(14)13(18)7-10-22(20,21)12-5-3-4-6-12/h11-12,14H,3-10H2,1-2H3,(H,16,19). The van der Waals surface area contributed by atoms with E-state index in [0.29, 0.717) is 13.1 Å². The monoisotopic (exact) mass is 330 g/mol. The van der Waals surface area contributed by atoms with Crippen molar-refractivity contribution >= 4 is 21.7 Å². The SMILES string of the molecule is CC(C)C1C(=O)NCCN1C(=O)CCS(=O)(=O)C1CCCC1. The van der Waals surface area contributed by atoms with Crippen molar-refractivity contribution in [1.82, 2.24) is 10.2 Å². The lowest BCUT2D eigenvalue weighted by Crippen LogP contribution is -2.59. The van der Waals surface area contributed by atoms with Crippen LogP contribution in [-0.4, -0.2) is 55.3 Å². The first-order valence-corrected chi connectivity index (χ1v) is 9.83. The number of rotatable bonds is 5. The molecule has 126 valence electrons. The van der Waals surface area contributed by atoms with Gasteiger partial charge < -0.3 is 10.2 Å². The van der Waals surface area contributed by atoms with Crippen LogP contribution in [0.15, 0.2) is 0 Å². The van der Waals surface area contributed by atoms with Gasteiger partial charge >= 0.3 is 0 Å². The molecule has 1 N–H and O–H groups in total. The number of carbonyl (C=O) groups excluding carboxylic acids is 2. The highest BCUT2D eigenvalue weighted by atomic mass is 32.2. The Hall–Kier alpha value is -1.11. The van der Waals surface area contributed by atoms with Crippen molar-refractivity contribution in [3.05, 3.63) is 0 Å². The molecule has 1 heterocycles. The number of sulfone groups is 1. The van der Waals surface area contributed by atoms with Crippen molar-refractivity contribution in [3.8, 4) is 0 Å². The zero-order chi connectivity index (χ0) is 16.3. The molecule has 0 aromatic rings. The molecule has 1 atom stereocenters. The van der Waals surface area contributed by atoms with E-state index in [4.69, 9.17) is 0 Å². The van der Waals surface area contributed by atoms with Crippen molar-refractivity contribution in [2.45, 2.75) is 57.2 Å². The van der Waals surface area contributed by atoms with Crippen molar-refractivity contribution in [1.29, 1.82) is 0 Å². The highest BCUT2D eigenvalue weighted by Gasteiger charge is 2.36. The van der Waals surface area contributed by atoms with Crippen molar-refractivity contribution in [3.63, 3.8) is 0 Å². The molecule has 2 rings (SSSR count). The summed E-state index contributed by atoms with van der Waals surface area (Å²) in [6, 6.07) is -0.490. The Balaban J connectivity index is 1.97. The second kappa shape index (κ2) is 6.98. The first kappa shape index (κ1) is 17.2. The summed E-state index contributed by atoms with van der Waals surface area (Å²) in [5, 5.41) is 2.49. The van der Waals surface area contributed by atoms with Crippen LogP contribution in [0.2, 0.25) is 0 Å². The normalized spacial score (nSPS) is 23.9. The molecule has 22 heavy (non-hydrogen) atoms. The molecule has 1 saturated heterocycles. The fourth-order valence-corrected chi connectivity index (χ4v) is 5.26. The molecular formula is C15H26N2O4S. The summed E-state index contributed by atoms with van der Waals surface area (Å²) in [7, 11) is -3.19. The summed E-state index contributed by atoms with van der Waals surface area (Å²) in [6.45, 7) is 4.68. The average molecular weight is 330 g/mol. The summed E-state index contributed by atoms with van der Waals surface area (Å²) in [5.74, 6) is -0.460. The van der Waals surface area contributed by atoms with E-state index in [1.54, 1.807) is 4.90 Å². The molecule has 2 aliphatic rings. The van der Waals surface area contributed by atoms with Gasteiger partial charge in [-0.25, -0.2) is 8.42 Å². The highest BCUT2D eigenvalue weighted by Crippen LogP contribution is 2.26. The van der Waals surface area contributed by atoms with E-state index in [2.05, 4.69) is 5.32 Å². The first-order chi connectivity index (χ1) is 10.3. The van der Waals surface area contributed by atoms with E-state index >= 15 is 0 Å². The number of hydrogen-bond acceptors (Lipinski definition) is 4. The van der Waals surface area contributed by atoms with E-state index < -0.39 is 15.9 Å². The minimum Gasteiger partial charge on any atom is -0.353 e. The summed E-state index contributed by atoms with van der Waals surface area (Å²) < 4.78 is 24.5. The zero-order valence-electron chi connectivity index (χ0n) is 13.4. The van der Waals surface area contributed by atoms with Gasteiger partial charge in [0.15, 0.2) is 9.84 Å². The van der Waals surface area contributed by atoms with Gasteiger partial charge in [-0.2, -0.15) is 0 Å². The average Bonchev–Trinajstić information content (AvgIpc) is 2.99. The predicted molar refractivity (Wildman–Crippen MR) is 84.0 cm³/mol. The molecule has 2 amide bonds. The Labute approximate surface area is 132 Å². The van der Waals surface area contributed by atoms with Gasteiger partial charge in [-0.3, -0.25) is 9.59 Å². The fraction of sp³-hybridized carbons (Fsp3) is 0.867. The molecule has 1 saturated carbocycles. The Bertz CT molecular complexity index is 524. The summed E-state index contributed by atoms with van der Waals surface area (Å²) in [4.78, 5) is 25.9.